The van der Waals surface area contributed by atoms with Gasteiger partial charge in [0.2, 0.25) is 0 Å². The molecule has 3 heterocycles. The molecule has 1 aliphatic rings. The number of nitrogen functional groups attached to an aromatic ring is 1. The van der Waals surface area contributed by atoms with Crippen molar-refractivity contribution >= 4 is 39.4 Å². The minimum Gasteiger partial charge on any atom is -0.481 e. The summed E-state index contributed by atoms with van der Waals surface area (Å²) in [5, 5.41) is 25.2. The van der Waals surface area contributed by atoms with Crippen LogP contribution in [0.2, 0.25) is 0 Å². The number of anilines is 3. The quantitative estimate of drug-likeness (QED) is 0.145. The summed E-state index contributed by atoms with van der Waals surface area (Å²) in [6.07, 6.45) is 2.08. The number of halogens is 1. The highest BCUT2D eigenvalue weighted by Crippen LogP contribution is 2.44. The summed E-state index contributed by atoms with van der Waals surface area (Å²) in [5.74, 6) is -2.30. The predicted octanol–water partition coefficient (Wildman–Crippen LogP) is 4.92. The fraction of sp³-hybridized carbons (Fsp3) is 0.167. The van der Waals surface area contributed by atoms with Gasteiger partial charge < -0.3 is 21.5 Å². The number of carbonyl (C=O) groups is 2. The van der Waals surface area contributed by atoms with Crippen LogP contribution in [0.3, 0.4) is 0 Å². The molecule has 1 amide bonds. The smallest absolute Gasteiger partial charge is 0.305 e. The lowest BCUT2D eigenvalue weighted by Crippen LogP contribution is -2.30. The number of sulfonamides is 1. The van der Waals surface area contributed by atoms with Crippen molar-refractivity contribution in [3.05, 3.63) is 137 Å². The van der Waals surface area contributed by atoms with Gasteiger partial charge in [-0.2, -0.15) is 5.26 Å². The van der Waals surface area contributed by atoms with Gasteiger partial charge in [0.15, 0.2) is 5.82 Å². The fourth-order valence-electron chi connectivity index (χ4n) is 5.96. The van der Waals surface area contributed by atoms with Gasteiger partial charge in [0.1, 0.15) is 29.8 Å². The number of nitrogens with one attached hydrogen (secondary N) is 2. The molecule has 1 unspecified atom stereocenters. The highest BCUT2D eigenvalue weighted by molar-refractivity contribution is 7.92. The third-order valence-corrected chi connectivity index (χ3v) is 10.3. The van der Waals surface area contributed by atoms with E-state index < -0.39 is 52.1 Å². The van der Waals surface area contributed by atoms with Gasteiger partial charge in [-0.1, -0.05) is 54.6 Å². The molecule has 258 valence electrons. The van der Waals surface area contributed by atoms with Gasteiger partial charge in [-0.15, -0.1) is 0 Å². The monoisotopic (exact) mass is 706 g/mol. The summed E-state index contributed by atoms with van der Waals surface area (Å²) in [7, 11) is -3.98. The molecule has 0 saturated heterocycles. The Kier molecular flexibility index (Phi) is 9.61. The third-order valence-electron chi connectivity index (χ3n) is 8.57. The molecule has 0 radical (unpaired) electrons. The first-order chi connectivity index (χ1) is 24.5. The third kappa shape index (κ3) is 7.17. The van der Waals surface area contributed by atoms with Crippen LogP contribution in [0.25, 0.3) is 0 Å². The molecule has 1 aliphatic heterocycles. The largest absolute Gasteiger partial charge is 0.481 e. The number of aliphatic carboxylic acids is 1. The lowest BCUT2D eigenvalue weighted by molar-refractivity contribution is -0.137. The average Bonchev–Trinajstić information content (AvgIpc) is 3.54. The zero-order valence-electron chi connectivity index (χ0n) is 27.1. The standard InChI is InChI=1S/C36H31FN8O5S/c1-21(23-11-13-26(37)14-12-23)43-36(48)28-15-22(17-38)18-40-34(28)44-30(16-31(46)47)25-9-7-24(8-10-25)29-19-45(35-32(29)33(39)41-20-42-35)51(49,50)27-5-3-2-4-6-27/h2-15,18,20-21,29-30H,16,19H2,1H3,(H,40,44)(H,43,48)(H,46,47)(H2,39,41,42)/t21-,29?,30+/m0/s1. The summed E-state index contributed by atoms with van der Waals surface area (Å²) >= 11 is 0. The number of benzene rings is 3. The number of carboxylic acid groups (broad SMARTS) is 1. The Morgan fingerprint density at radius 3 is 2.39 bits per heavy atom. The molecule has 13 nitrogen and oxygen atoms in total. The van der Waals surface area contributed by atoms with E-state index in [1.54, 1.807) is 61.5 Å². The van der Waals surface area contributed by atoms with Gasteiger partial charge in [-0.05, 0) is 53.9 Å². The lowest BCUT2D eigenvalue weighted by atomic mass is 9.92. The van der Waals surface area contributed by atoms with E-state index in [1.165, 1.54) is 47.2 Å². The molecule has 0 saturated carbocycles. The molecule has 0 fully saturated rings. The van der Waals surface area contributed by atoms with Crippen LogP contribution in [0.5, 0.6) is 0 Å². The van der Waals surface area contributed by atoms with Crippen molar-refractivity contribution in [1.82, 2.24) is 20.3 Å². The Morgan fingerprint density at radius 2 is 1.73 bits per heavy atom. The maximum atomic E-state index is 13.7. The van der Waals surface area contributed by atoms with Crippen molar-refractivity contribution in [2.75, 3.05) is 21.9 Å². The Bertz CT molecular complexity index is 2250. The van der Waals surface area contributed by atoms with Crippen molar-refractivity contribution < 1.29 is 27.5 Å². The fourth-order valence-corrected chi connectivity index (χ4v) is 7.43. The summed E-state index contributed by atoms with van der Waals surface area (Å²) in [4.78, 5) is 38.3. The number of carbonyl (C=O) groups excluding carboxylic acids is 1. The van der Waals surface area contributed by atoms with Gasteiger partial charge in [0, 0.05) is 24.2 Å². The summed E-state index contributed by atoms with van der Waals surface area (Å²) < 4.78 is 42.0. The number of nitrogens with zero attached hydrogens (tertiary/aromatic N) is 5. The number of hydrogen-bond donors (Lipinski definition) is 4. The summed E-state index contributed by atoms with van der Waals surface area (Å²) in [6, 6.07) is 22.4. The highest BCUT2D eigenvalue weighted by Gasteiger charge is 2.40. The molecule has 5 aromatic rings. The van der Waals surface area contributed by atoms with Gasteiger partial charge in [-0.25, -0.2) is 32.1 Å². The molecule has 0 bridgehead atoms. The number of pyridine rings is 1. The second kappa shape index (κ2) is 14.2. The molecule has 15 heteroatoms. The Balaban J connectivity index is 1.28. The Hall–Kier alpha value is -6.40. The van der Waals surface area contributed by atoms with E-state index in [4.69, 9.17) is 5.73 Å². The van der Waals surface area contributed by atoms with Crippen LogP contribution >= 0.6 is 0 Å². The van der Waals surface area contributed by atoms with Crippen LogP contribution in [0.1, 0.15) is 69.5 Å². The van der Waals surface area contributed by atoms with Crippen molar-refractivity contribution in [3.8, 4) is 6.07 Å². The Labute approximate surface area is 292 Å². The van der Waals surface area contributed by atoms with E-state index in [9.17, 15) is 32.8 Å². The maximum Gasteiger partial charge on any atom is 0.305 e. The molecule has 5 N–H and O–H groups in total. The highest BCUT2D eigenvalue weighted by atomic mass is 32.2. The first-order valence-corrected chi connectivity index (χ1v) is 17.1. The minimum absolute atomic E-state index is 0.00720. The van der Waals surface area contributed by atoms with E-state index in [0.717, 1.165) is 0 Å². The lowest BCUT2D eigenvalue weighted by Gasteiger charge is -2.22. The summed E-state index contributed by atoms with van der Waals surface area (Å²) in [6.45, 7) is 1.73. The van der Waals surface area contributed by atoms with Crippen LogP contribution in [0.4, 0.5) is 21.8 Å². The van der Waals surface area contributed by atoms with Gasteiger partial charge in [0.05, 0.1) is 34.5 Å². The zero-order valence-corrected chi connectivity index (χ0v) is 27.9. The van der Waals surface area contributed by atoms with Crippen LogP contribution in [0, 0.1) is 17.1 Å². The van der Waals surface area contributed by atoms with Crippen LogP contribution in [0.15, 0.2) is 102 Å². The van der Waals surface area contributed by atoms with Gasteiger partial charge >= 0.3 is 5.97 Å². The van der Waals surface area contributed by atoms with Gasteiger partial charge in [-0.3, -0.25) is 9.59 Å². The van der Waals surface area contributed by atoms with Gasteiger partial charge in [0.25, 0.3) is 15.9 Å². The van der Waals surface area contributed by atoms with E-state index in [0.29, 0.717) is 22.3 Å². The number of aromatic nitrogens is 3. The van der Waals surface area contributed by atoms with E-state index >= 15 is 0 Å². The number of carboxylic acids is 1. The van der Waals surface area contributed by atoms with Crippen molar-refractivity contribution in [1.29, 1.82) is 5.26 Å². The Morgan fingerprint density at radius 1 is 1.04 bits per heavy atom. The number of nitrogens with two attached hydrogens (primary N) is 1. The number of nitriles is 1. The van der Waals surface area contributed by atoms with Crippen LogP contribution in [-0.4, -0.2) is 46.9 Å². The summed E-state index contributed by atoms with van der Waals surface area (Å²) in [5.41, 5.74) is 8.71. The SMILES string of the molecule is C[C@H](NC(=O)c1cc(C#N)cnc1N[C@H](CC(=O)O)c1ccc(C2CN(S(=O)(=O)c3ccccc3)c3ncnc(N)c32)cc1)c1ccc(F)cc1. The van der Waals surface area contributed by atoms with Crippen molar-refractivity contribution in [2.24, 2.45) is 0 Å². The number of rotatable bonds is 11. The van der Waals surface area contributed by atoms with Crippen molar-refractivity contribution in [3.63, 3.8) is 0 Å². The van der Waals surface area contributed by atoms with Crippen molar-refractivity contribution in [2.45, 2.75) is 36.2 Å². The van der Waals surface area contributed by atoms with E-state index in [1.807, 2.05) is 6.07 Å². The average molecular weight is 707 g/mol. The molecular weight excluding hydrogens is 676 g/mol. The molecule has 51 heavy (non-hydrogen) atoms. The normalized spacial score (nSPS) is 14.9. The molecule has 0 spiro atoms. The first-order valence-electron chi connectivity index (χ1n) is 15.7. The maximum absolute atomic E-state index is 13.7. The predicted molar refractivity (Wildman–Crippen MR) is 186 cm³/mol. The van der Waals surface area contributed by atoms with E-state index in [-0.39, 0.29) is 40.0 Å². The number of fused-ring (bicyclic) bond motifs is 1. The molecule has 2 aromatic heterocycles. The first kappa shape index (κ1) is 34.5. The van der Waals surface area contributed by atoms with Crippen LogP contribution < -0.4 is 20.7 Å². The molecular formula is C36H31FN8O5S. The molecule has 6 rings (SSSR count). The molecule has 3 atom stereocenters. The second-order valence-electron chi connectivity index (χ2n) is 11.8. The second-order valence-corrected chi connectivity index (χ2v) is 13.7. The number of amides is 1. The zero-order chi connectivity index (χ0) is 36.3. The topological polar surface area (TPSA) is 204 Å². The van der Waals surface area contributed by atoms with Crippen LogP contribution in [-0.2, 0) is 14.8 Å². The molecule has 3 aromatic carbocycles. The van der Waals surface area contributed by atoms with E-state index in [2.05, 4.69) is 25.6 Å². The minimum atomic E-state index is -3.98. The number of hydrogen-bond acceptors (Lipinski definition) is 10. The molecule has 0 aliphatic carbocycles.